The van der Waals surface area contributed by atoms with Crippen LogP contribution in [-0.4, -0.2) is 63.5 Å². The molecular formula is C21H31FN4O. The fourth-order valence-electron chi connectivity index (χ4n) is 3.78. The van der Waals surface area contributed by atoms with E-state index >= 15 is 0 Å². The number of aromatic nitrogens is 2. The molecule has 0 saturated carbocycles. The minimum absolute atomic E-state index is 0.224. The molecule has 27 heavy (non-hydrogen) atoms. The van der Waals surface area contributed by atoms with Gasteiger partial charge < -0.3 is 5.11 Å². The van der Waals surface area contributed by atoms with Gasteiger partial charge in [-0.2, -0.15) is 5.10 Å². The van der Waals surface area contributed by atoms with Gasteiger partial charge in [-0.3, -0.25) is 9.80 Å². The molecule has 1 N–H and O–H groups in total. The molecule has 1 fully saturated rings. The van der Waals surface area contributed by atoms with E-state index in [4.69, 9.17) is 0 Å². The molecular weight excluding hydrogens is 343 g/mol. The third kappa shape index (κ3) is 5.61. The van der Waals surface area contributed by atoms with Crippen molar-refractivity contribution < 1.29 is 9.50 Å². The monoisotopic (exact) mass is 374 g/mol. The predicted octanol–water partition coefficient (Wildman–Crippen LogP) is 2.93. The minimum Gasteiger partial charge on any atom is -0.396 e. The third-order valence-electron chi connectivity index (χ3n) is 4.96. The molecule has 5 nitrogen and oxygen atoms in total. The molecule has 2 heterocycles. The second kappa shape index (κ2) is 8.50. The molecule has 1 saturated heterocycles. The van der Waals surface area contributed by atoms with Gasteiger partial charge in [-0.25, -0.2) is 9.07 Å². The molecule has 1 aromatic carbocycles. The average Bonchev–Trinajstić information content (AvgIpc) is 3.05. The third-order valence-corrected chi connectivity index (χ3v) is 4.96. The number of hydrogen-bond acceptors (Lipinski definition) is 4. The zero-order chi connectivity index (χ0) is 19.4. The summed E-state index contributed by atoms with van der Waals surface area (Å²) in [5.41, 5.74) is 2.26. The van der Waals surface area contributed by atoms with Crippen molar-refractivity contribution in [3.8, 4) is 5.69 Å². The maximum Gasteiger partial charge on any atom is 0.123 e. The Morgan fingerprint density at radius 3 is 2.59 bits per heavy atom. The van der Waals surface area contributed by atoms with E-state index in [0.29, 0.717) is 6.04 Å². The Kier molecular flexibility index (Phi) is 6.29. The molecule has 1 aliphatic heterocycles. The lowest BCUT2D eigenvalue weighted by Gasteiger charge is -2.43. The molecule has 0 amide bonds. The normalized spacial score (nSPS) is 19.5. The highest BCUT2D eigenvalue weighted by molar-refractivity contribution is 5.31. The first-order valence-corrected chi connectivity index (χ1v) is 9.71. The predicted molar refractivity (Wildman–Crippen MR) is 105 cm³/mol. The lowest BCUT2D eigenvalue weighted by Crippen LogP contribution is -2.54. The fraction of sp³-hybridized carbons (Fsp3) is 0.571. The average molecular weight is 375 g/mol. The van der Waals surface area contributed by atoms with Crippen molar-refractivity contribution >= 4 is 0 Å². The number of hydrogen-bond donors (Lipinski definition) is 1. The van der Waals surface area contributed by atoms with Gasteiger partial charge in [0.25, 0.3) is 0 Å². The summed E-state index contributed by atoms with van der Waals surface area (Å²) in [6, 6.07) is 6.74. The SMILES string of the molecule is CC(C)(C)CN1CCN(Cc2cnn(-c3ccc(F)cc3)c2)C[C@@H]1CCO. The van der Waals surface area contributed by atoms with Crippen molar-refractivity contribution in [2.75, 3.05) is 32.8 Å². The van der Waals surface area contributed by atoms with E-state index in [1.54, 1.807) is 16.8 Å². The number of rotatable bonds is 6. The van der Waals surface area contributed by atoms with Crippen LogP contribution in [0.4, 0.5) is 4.39 Å². The Morgan fingerprint density at radius 1 is 1.19 bits per heavy atom. The molecule has 1 atom stereocenters. The van der Waals surface area contributed by atoms with E-state index in [1.807, 2.05) is 12.4 Å². The summed E-state index contributed by atoms with van der Waals surface area (Å²) >= 11 is 0. The van der Waals surface area contributed by atoms with E-state index in [-0.39, 0.29) is 17.8 Å². The first-order valence-electron chi connectivity index (χ1n) is 9.71. The molecule has 1 aliphatic rings. The molecule has 0 aliphatic carbocycles. The quantitative estimate of drug-likeness (QED) is 0.844. The lowest BCUT2D eigenvalue weighted by molar-refractivity contribution is 0.0340. The number of piperazine rings is 1. The Labute approximate surface area is 161 Å². The summed E-state index contributed by atoms with van der Waals surface area (Å²) in [4.78, 5) is 4.96. The number of benzene rings is 1. The summed E-state index contributed by atoms with van der Waals surface area (Å²) in [5, 5.41) is 13.9. The number of aliphatic hydroxyl groups excluding tert-OH is 1. The Balaban J connectivity index is 1.62. The zero-order valence-corrected chi connectivity index (χ0v) is 16.6. The van der Waals surface area contributed by atoms with Gasteiger partial charge in [-0.1, -0.05) is 20.8 Å². The van der Waals surface area contributed by atoms with Gasteiger partial charge in [0.15, 0.2) is 0 Å². The van der Waals surface area contributed by atoms with Gasteiger partial charge in [0.05, 0.1) is 11.9 Å². The van der Waals surface area contributed by atoms with Crippen molar-refractivity contribution in [2.45, 2.75) is 39.8 Å². The molecule has 2 aromatic rings. The van der Waals surface area contributed by atoms with Crippen LogP contribution in [0.1, 0.15) is 32.8 Å². The molecule has 1 aromatic heterocycles. The van der Waals surface area contributed by atoms with Gasteiger partial charge in [-0.05, 0) is 36.1 Å². The highest BCUT2D eigenvalue weighted by Crippen LogP contribution is 2.22. The molecule has 0 spiro atoms. The Bertz CT molecular complexity index is 723. The van der Waals surface area contributed by atoms with Crippen LogP contribution in [0.15, 0.2) is 36.7 Å². The molecule has 6 heteroatoms. The van der Waals surface area contributed by atoms with Crippen LogP contribution < -0.4 is 0 Å². The first-order chi connectivity index (χ1) is 12.8. The second-order valence-electron chi connectivity index (χ2n) is 8.70. The standard InChI is InChI=1S/C21H31FN4O/c1-21(2,3)16-25-10-9-24(15-20(25)8-11-27)13-17-12-23-26(14-17)19-6-4-18(22)5-7-19/h4-7,12,14,20,27H,8-11,13,15-16H2,1-3H3/t20-/m0/s1. The summed E-state index contributed by atoms with van der Waals surface area (Å²) in [6.45, 7) is 11.9. The first kappa shape index (κ1) is 20.0. The van der Waals surface area contributed by atoms with Crippen LogP contribution >= 0.6 is 0 Å². The fourth-order valence-corrected chi connectivity index (χ4v) is 3.78. The van der Waals surface area contributed by atoms with Crippen LogP contribution in [0.2, 0.25) is 0 Å². The molecule has 0 radical (unpaired) electrons. The van der Waals surface area contributed by atoms with Crippen LogP contribution in [-0.2, 0) is 6.54 Å². The Morgan fingerprint density at radius 2 is 1.93 bits per heavy atom. The highest BCUT2D eigenvalue weighted by Gasteiger charge is 2.29. The highest BCUT2D eigenvalue weighted by atomic mass is 19.1. The van der Waals surface area contributed by atoms with E-state index < -0.39 is 0 Å². The van der Waals surface area contributed by atoms with Crippen molar-refractivity contribution in [3.05, 3.63) is 48.0 Å². The van der Waals surface area contributed by atoms with Crippen LogP contribution in [0.25, 0.3) is 5.69 Å². The Hall–Kier alpha value is -1.76. The summed E-state index contributed by atoms with van der Waals surface area (Å²) in [6.07, 6.45) is 4.70. The van der Waals surface area contributed by atoms with Crippen LogP contribution in [0.3, 0.4) is 0 Å². The lowest BCUT2D eigenvalue weighted by atomic mass is 9.94. The minimum atomic E-state index is -0.241. The number of aliphatic hydroxyl groups is 1. The van der Waals surface area contributed by atoms with Gasteiger partial charge in [0.1, 0.15) is 5.82 Å². The van der Waals surface area contributed by atoms with E-state index in [9.17, 15) is 9.50 Å². The van der Waals surface area contributed by atoms with Crippen molar-refractivity contribution in [1.29, 1.82) is 0 Å². The van der Waals surface area contributed by atoms with E-state index in [1.165, 1.54) is 12.1 Å². The molecule has 0 bridgehead atoms. The molecule has 3 rings (SSSR count). The van der Waals surface area contributed by atoms with Crippen molar-refractivity contribution in [1.82, 2.24) is 19.6 Å². The van der Waals surface area contributed by atoms with E-state index in [2.05, 4.69) is 35.7 Å². The van der Waals surface area contributed by atoms with Crippen LogP contribution in [0, 0.1) is 11.2 Å². The van der Waals surface area contributed by atoms with Crippen molar-refractivity contribution in [2.24, 2.45) is 5.41 Å². The summed E-state index contributed by atoms with van der Waals surface area (Å²) in [5.74, 6) is -0.241. The zero-order valence-electron chi connectivity index (χ0n) is 16.6. The maximum atomic E-state index is 13.1. The van der Waals surface area contributed by atoms with Gasteiger partial charge in [-0.15, -0.1) is 0 Å². The summed E-state index contributed by atoms with van der Waals surface area (Å²) < 4.78 is 14.9. The van der Waals surface area contributed by atoms with E-state index in [0.717, 1.165) is 50.4 Å². The second-order valence-corrected chi connectivity index (χ2v) is 8.70. The molecule has 0 unspecified atom stereocenters. The smallest absolute Gasteiger partial charge is 0.123 e. The van der Waals surface area contributed by atoms with Gasteiger partial charge in [0, 0.05) is 57.1 Å². The number of nitrogens with zero attached hydrogens (tertiary/aromatic N) is 4. The van der Waals surface area contributed by atoms with Gasteiger partial charge >= 0.3 is 0 Å². The topological polar surface area (TPSA) is 44.5 Å². The summed E-state index contributed by atoms with van der Waals surface area (Å²) in [7, 11) is 0. The van der Waals surface area contributed by atoms with Crippen LogP contribution in [0.5, 0.6) is 0 Å². The van der Waals surface area contributed by atoms with Gasteiger partial charge in [0.2, 0.25) is 0 Å². The molecule has 148 valence electrons. The maximum absolute atomic E-state index is 13.1. The largest absolute Gasteiger partial charge is 0.396 e. The number of halogens is 1. The van der Waals surface area contributed by atoms with Crippen molar-refractivity contribution in [3.63, 3.8) is 0 Å².